The zero-order valence-electron chi connectivity index (χ0n) is 9.70. The highest BCUT2D eigenvalue weighted by Gasteiger charge is 1.98. The number of nitrogens with zero attached hydrogens (tertiary/aromatic N) is 2. The number of rotatable bonds is 8. The number of hydrogen-bond donors (Lipinski definition) is 1. The predicted octanol–water partition coefficient (Wildman–Crippen LogP) is 1.50. The number of aromatic nitrogens is 1. The molecule has 0 aromatic carbocycles. The number of hydrogen-bond acceptors (Lipinski definition) is 4. The van der Waals surface area contributed by atoms with Gasteiger partial charge in [-0.05, 0) is 32.6 Å². The van der Waals surface area contributed by atoms with E-state index in [1.165, 1.54) is 13.0 Å². The van der Waals surface area contributed by atoms with Gasteiger partial charge in [-0.3, -0.25) is 0 Å². The Labute approximate surface area is 91.6 Å². The second kappa shape index (κ2) is 7.43. The molecule has 0 bridgehead atoms. The molecule has 0 atom stereocenters. The summed E-state index contributed by atoms with van der Waals surface area (Å²) in [4.78, 5) is 2.43. The maximum atomic E-state index is 4.75. The molecule has 0 aliphatic carbocycles. The van der Waals surface area contributed by atoms with Gasteiger partial charge in [-0.2, -0.15) is 0 Å². The van der Waals surface area contributed by atoms with Crippen LogP contribution in [0.4, 0.5) is 0 Å². The maximum Gasteiger partial charge on any atom is 0.124 e. The van der Waals surface area contributed by atoms with Crippen LogP contribution in [0.25, 0.3) is 0 Å². The van der Waals surface area contributed by atoms with Crippen molar-refractivity contribution >= 4 is 0 Å². The largest absolute Gasteiger partial charge is 0.364 e. The van der Waals surface area contributed by atoms with Gasteiger partial charge < -0.3 is 14.7 Å². The van der Waals surface area contributed by atoms with Crippen molar-refractivity contribution < 1.29 is 4.52 Å². The van der Waals surface area contributed by atoms with Crippen LogP contribution < -0.4 is 5.32 Å². The van der Waals surface area contributed by atoms with Crippen molar-refractivity contribution in [3.63, 3.8) is 0 Å². The van der Waals surface area contributed by atoms with Crippen LogP contribution in [-0.2, 0) is 6.54 Å². The minimum absolute atomic E-state index is 0.800. The van der Waals surface area contributed by atoms with E-state index in [-0.39, 0.29) is 0 Å². The molecule has 0 aliphatic rings. The van der Waals surface area contributed by atoms with Crippen LogP contribution in [0.1, 0.15) is 26.0 Å². The van der Waals surface area contributed by atoms with E-state index in [1.807, 2.05) is 6.07 Å². The highest BCUT2D eigenvalue weighted by Crippen LogP contribution is 1.93. The molecule has 0 unspecified atom stereocenters. The summed E-state index contributed by atoms with van der Waals surface area (Å²) in [5, 5.41) is 7.18. The Morgan fingerprint density at radius 1 is 1.40 bits per heavy atom. The summed E-state index contributed by atoms with van der Waals surface area (Å²) >= 11 is 0. The van der Waals surface area contributed by atoms with Crippen molar-refractivity contribution in [2.24, 2.45) is 0 Å². The molecule has 1 N–H and O–H groups in total. The monoisotopic (exact) mass is 211 g/mol. The lowest BCUT2D eigenvalue weighted by atomic mass is 10.3. The van der Waals surface area contributed by atoms with E-state index >= 15 is 0 Å². The van der Waals surface area contributed by atoms with Crippen LogP contribution >= 0.6 is 0 Å². The average molecular weight is 211 g/mol. The Bertz CT molecular complexity index is 232. The second-order valence-electron chi connectivity index (χ2n) is 3.55. The summed E-state index contributed by atoms with van der Waals surface area (Å²) in [7, 11) is 0. The quantitative estimate of drug-likeness (QED) is 0.662. The highest BCUT2D eigenvalue weighted by atomic mass is 16.5. The first-order chi connectivity index (χ1) is 7.36. The Balaban J connectivity index is 1.97. The first-order valence-corrected chi connectivity index (χ1v) is 5.69. The lowest BCUT2D eigenvalue weighted by Gasteiger charge is -2.17. The third-order valence-corrected chi connectivity index (χ3v) is 2.52. The molecule has 0 fully saturated rings. The summed E-state index contributed by atoms with van der Waals surface area (Å²) in [6.45, 7) is 9.68. The average Bonchev–Trinajstić information content (AvgIpc) is 2.76. The van der Waals surface area contributed by atoms with Crippen molar-refractivity contribution in [3.05, 3.63) is 18.0 Å². The summed E-state index contributed by atoms with van der Waals surface area (Å²) in [5.41, 5.74) is 0.970. The molecule has 0 saturated heterocycles. The maximum absolute atomic E-state index is 4.75. The van der Waals surface area contributed by atoms with E-state index in [0.29, 0.717) is 0 Å². The predicted molar refractivity (Wildman–Crippen MR) is 60.6 cm³/mol. The molecule has 0 saturated carbocycles. The van der Waals surface area contributed by atoms with E-state index in [4.69, 9.17) is 4.52 Å². The smallest absolute Gasteiger partial charge is 0.124 e. The van der Waals surface area contributed by atoms with Gasteiger partial charge in [0.05, 0.1) is 5.69 Å². The van der Waals surface area contributed by atoms with Crippen molar-refractivity contribution in [1.82, 2.24) is 15.4 Å². The molecule has 1 aromatic heterocycles. The third-order valence-electron chi connectivity index (χ3n) is 2.52. The van der Waals surface area contributed by atoms with Gasteiger partial charge in [-0.1, -0.05) is 19.0 Å². The van der Waals surface area contributed by atoms with Gasteiger partial charge in [-0.25, -0.2) is 0 Å². The highest BCUT2D eigenvalue weighted by molar-refractivity contribution is 4.93. The molecule has 0 spiro atoms. The van der Waals surface area contributed by atoms with Gasteiger partial charge in [0, 0.05) is 12.6 Å². The Kier molecular flexibility index (Phi) is 6.04. The third kappa shape index (κ3) is 4.95. The fraction of sp³-hybridized carbons (Fsp3) is 0.727. The Morgan fingerprint density at radius 3 is 2.80 bits per heavy atom. The zero-order chi connectivity index (χ0) is 10.9. The van der Waals surface area contributed by atoms with Crippen LogP contribution in [0.15, 0.2) is 16.9 Å². The van der Waals surface area contributed by atoms with E-state index in [9.17, 15) is 0 Å². The topological polar surface area (TPSA) is 41.3 Å². The first-order valence-electron chi connectivity index (χ1n) is 5.69. The van der Waals surface area contributed by atoms with Crippen LogP contribution in [0.3, 0.4) is 0 Å². The van der Waals surface area contributed by atoms with Gasteiger partial charge >= 0.3 is 0 Å². The molecule has 15 heavy (non-hydrogen) atoms. The number of nitrogens with one attached hydrogen (secondary N) is 1. The van der Waals surface area contributed by atoms with Crippen molar-refractivity contribution in [2.75, 3.05) is 26.2 Å². The first kappa shape index (κ1) is 12.2. The molecule has 4 heteroatoms. The summed E-state index contributed by atoms with van der Waals surface area (Å²) in [5.74, 6) is 0. The van der Waals surface area contributed by atoms with E-state index in [2.05, 4.69) is 29.2 Å². The minimum atomic E-state index is 0.800. The molecular weight excluding hydrogens is 190 g/mol. The standard InChI is InChI=1S/C11H21N3O/c1-3-14(4-2)8-5-7-12-10-11-6-9-15-13-11/h6,9,12H,3-5,7-8,10H2,1-2H3. The Hall–Kier alpha value is -0.870. The van der Waals surface area contributed by atoms with Crippen LogP contribution in [-0.4, -0.2) is 36.2 Å². The van der Waals surface area contributed by atoms with Crippen LogP contribution in [0, 0.1) is 0 Å². The lowest BCUT2D eigenvalue weighted by molar-refractivity contribution is 0.297. The second-order valence-corrected chi connectivity index (χ2v) is 3.55. The summed E-state index contributed by atoms with van der Waals surface area (Å²) in [6.07, 6.45) is 2.78. The van der Waals surface area contributed by atoms with Crippen molar-refractivity contribution in [2.45, 2.75) is 26.8 Å². The fourth-order valence-electron chi connectivity index (χ4n) is 1.51. The van der Waals surface area contributed by atoms with E-state index < -0.39 is 0 Å². The van der Waals surface area contributed by atoms with E-state index in [1.54, 1.807) is 6.26 Å². The minimum Gasteiger partial charge on any atom is -0.364 e. The van der Waals surface area contributed by atoms with Crippen molar-refractivity contribution in [3.8, 4) is 0 Å². The van der Waals surface area contributed by atoms with Gasteiger partial charge in [0.25, 0.3) is 0 Å². The molecule has 4 nitrogen and oxygen atoms in total. The molecule has 0 radical (unpaired) electrons. The van der Waals surface area contributed by atoms with E-state index in [0.717, 1.165) is 31.9 Å². The zero-order valence-corrected chi connectivity index (χ0v) is 9.70. The molecule has 1 rings (SSSR count). The molecule has 0 amide bonds. The van der Waals surface area contributed by atoms with Crippen LogP contribution in [0.5, 0.6) is 0 Å². The summed E-state index contributed by atoms with van der Waals surface area (Å²) < 4.78 is 4.75. The van der Waals surface area contributed by atoms with Crippen LogP contribution in [0.2, 0.25) is 0 Å². The normalized spacial score (nSPS) is 11.1. The summed E-state index contributed by atoms with van der Waals surface area (Å²) in [6, 6.07) is 1.89. The molecular formula is C11H21N3O. The fourth-order valence-corrected chi connectivity index (χ4v) is 1.51. The molecule has 86 valence electrons. The lowest BCUT2D eigenvalue weighted by Crippen LogP contribution is -2.27. The van der Waals surface area contributed by atoms with Gasteiger partial charge in [0.1, 0.15) is 6.26 Å². The molecule has 1 aromatic rings. The SMILES string of the molecule is CCN(CC)CCCNCc1ccon1. The molecule has 1 heterocycles. The molecule has 0 aliphatic heterocycles. The van der Waals surface area contributed by atoms with Gasteiger partial charge in [0.2, 0.25) is 0 Å². The van der Waals surface area contributed by atoms with Gasteiger partial charge in [-0.15, -0.1) is 0 Å². The van der Waals surface area contributed by atoms with Crippen molar-refractivity contribution in [1.29, 1.82) is 0 Å². The van der Waals surface area contributed by atoms with Gasteiger partial charge in [0.15, 0.2) is 0 Å². The Morgan fingerprint density at radius 2 is 2.20 bits per heavy atom.